The molecule has 2 unspecified atom stereocenters. The van der Waals surface area contributed by atoms with Crippen molar-refractivity contribution >= 4 is 0 Å². The molecule has 0 saturated carbocycles. The van der Waals surface area contributed by atoms with Gasteiger partial charge in [-0.1, -0.05) is 6.92 Å². The topological polar surface area (TPSA) is 38.5 Å². The maximum Gasteiger partial charge on any atom is 0.0480 e. The van der Waals surface area contributed by atoms with Crippen LogP contribution >= 0.6 is 0 Å². The number of ether oxygens (including phenoxy) is 1. The van der Waals surface area contributed by atoms with Gasteiger partial charge in [0.15, 0.2) is 0 Å². The van der Waals surface area contributed by atoms with Crippen molar-refractivity contribution in [2.24, 2.45) is 11.7 Å². The van der Waals surface area contributed by atoms with E-state index in [1.807, 2.05) is 0 Å². The molecule has 0 aromatic carbocycles. The fourth-order valence-electron chi connectivity index (χ4n) is 2.51. The maximum absolute atomic E-state index is 5.97. The highest BCUT2D eigenvalue weighted by Crippen LogP contribution is 2.25. The molecule has 1 rings (SSSR count). The molecule has 3 nitrogen and oxygen atoms in total. The summed E-state index contributed by atoms with van der Waals surface area (Å²) in [4.78, 5) is 2.58. The molecule has 0 radical (unpaired) electrons. The second-order valence-corrected chi connectivity index (χ2v) is 5.47. The highest BCUT2D eigenvalue weighted by atomic mass is 16.5. The third-order valence-corrected chi connectivity index (χ3v) is 4.06. The lowest BCUT2D eigenvalue weighted by molar-refractivity contribution is 0.0705. The minimum absolute atomic E-state index is 0.125. The highest BCUT2D eigenvalue weighted by molar-refractivity contribution is 4.88. The Hall–Kier alpha value is -0.120. The van der Waals surface area contributed by atoms with E-state index in [0.717, 1.165) is 25.5 Å². The number of nitrogens with two attached hydrogens (primary N) is 1. The monoisotopic (exact) mass is 228 g/mol. The molecule has 2 atom stereocenters. The lowest BCUT2D eigenvalue weighted by atomic mass is 9.95. The van der Waals surface area contributed by atoms with Crippen molar-refractivity contribution in [3.63, 3.8) is 0 Å². The molecule has 96 valence electrons. The summed E-state index contributed by atoms with van der Waals surface area (Å²) in [5.41, 5.74) is 6.09. The van der Waals surface area contributed by atoms with E-state index >= 15 is 0 Å². The fourth-order valence-corrected chi connectivity index (χ4v) is 2.51. The molecule has 2 N–H and O–H groups in total. The summed E-state index contributed by atoms with van der Waals surface area (Å²) in [6, 6.07) is 0. The fraction of sp³-hybridized carbons (Fsp3) is 1.00. The van der Waals surface area contributed by atoms with Gasteiger partial charge in [-0.3, -0.25) is 4.90 Å². The lowest BCUT2D eigenvalue weighted by Crippen LogP contribution is -2.52. The summed E-state index contributed by atoms with van der Waals surface area (Å²) in [6.45, 7) is 8.56. The van der Waals surface area contributed by atoms with E-state index in [-0.39, 0.29) is 5.54 Å². The lowest BCUT2D eigenvalue weighted by Gasteiger charge is -2.40. The van der Waals surface area contributed by atoms with E-state index < -0.39 is 0 Å². The molecule has 1 fully saturated rings. The van der Waals surface area contributed by atoms with Crippen molar-refractivity contribution < 1.29 is 4.74 Å². The van der Waals surface area contributed by atoms with Gasteiger partial charge in [-0.25, -0.2) is 0 Å². The molecule has 1 aliphatic rings. The van der Waals surface area contributed by atoms with E-state index in [1.165, 1.54) is 32.4 Å². The zero-order valence-electron chi connectivity index (χ0n) is 11.2. The first-order valence-corrected chi connectivity index (χ1v) is 6.56. The predicted octanol–water partition coefficient (Wildman–Crippen LogP) is 1.86. The number of nitrogens with zero attached hydrogens (tertiary/aromatic N) is 1. The first-order chi connectivity index (χ1) is 7.62. The predicted molar refractivity (Wildman–Crippen MR) is 68.5 cm³/mol. The smallest absolute Gasteiger partial charge is 0.0480 e. The van der Waals surface area contributed by atoms with Gasteiger partial charge >= 0.3 is 0 Å². The Kier molecular flexibility index (Phi) is 5.73. The third kappa shape index (κ3) is 3.72. The van der Waals surface area contributed by atoms with E-state index in [9.17, 15) is 0 Å². The van der Waals surface area contributed by atoms with Gasteiger partial charge in [0.05, 0.1) is 0 Å². The van der Waals surface area contributed by atoms with Crippen molar-refractivity contribution in [2.45, 2.75) is 45.1 Å². The summed E-state index contributed by atoms with van der Waals surface area (Å²) >= 11 is 0. The molecule has 16 heavy (non-hydrogen) atoms. The van der Waals surface area contributed by atoms with Crippen LogP contribution in [0.5, 0.6) is 0 Å². The van der Waals surface area contributed by atoms with Crippen molar-refractivity contribution in [2.75, 3.05) is 33.4 Å². The zero-order chi connectivity index (χ0) is 12.0. The SMILES string of the molecule is COCCC(C)(CN)N1CCCC(C)CC1. The van der Waals surface area contributed by atoms with E-state index in [4.69, 9.17) is 10.5 Å². The second kappa shape index (κ2) is 6.58. The van der Waals surface area contributed by atoms with Gasteiger partial charge in [0, 0.05) is 25.8 Å². The Bertz CT molecular complexity index is 198. The third-order valence-electron chi connectivity index (χ3n) is 4.06. The van der Waals surface area contributed by atoms with E-state index in [0.29, 0.717) is 0 Å². The zero-order valence-corrected chi connectivity index (χ0v) is 11.2. The van der Waals surface area contributed by atoms with Gasteiger partial charge in [0.1, 0.15) is 0 Å². The molecule has 1 aliphatic heterocycles. The quantitative estimate of drug-likeness (QED) is 0.780. The van der Waals surface area contributed by atoms with Crippen molar-refractivity contribution in [3.05, 3.63) is 0 Å². The van der Waals surface area contributed by atoms with Gasteiger partial charge in [0.2, 0.25) is 0 Å². The number of likely N-dealkylation sites (tertiary alicyclic amines) is 1. The Balaban J connectivity index is 2.56. The van der Waals surface area contributed by atoms with Gasteiger partial charge in [0.25, 0.3) is 0 Å². The Labute approximate surface area is 100 Å². The summed E-state index contributed by atoms with van der Waals surface area (Å²) in [7, 11) is 1.77. The van der Waals surface area contributed by atoms with Crippen LogP contribution in [0.15, 0.2) is 0 Å². The van der Waals surface area contributed by atoms with E-state index in [2.05, 4.69) is 18.7 Å². The van der Waals surface area contributed by atoms with Crippen LogP contribution in [0.3, 0.4) is 0 Å². The molecule has 0 aromatic heterocycles. The van der Waals surface area contributed by atoms with Crippen LogP contribution in [0.25, 0.3) is 0 Å². The summed E-state index contributed by atoms with van der Waals surface area (Å²) in [5, 5.41) is 0. The number of hydrogen-bond acceptors (Lipinski definition) is 3. The molecule has 3 heteroatoms. The number of hydrogen-bond donors (Lipinski definition) is 1. The molecule has 1 saturated heterocycles. The summed E-state index contributed by atoms with van der Waals surface area (Å²) in [6.07, 6.45) is 5.02. The summed E-state index contributed by atoms with van der Waals surface area (Å²) < 4.78 is 5.20. The molecule has 0 aromatic rings. The minimum Gasteiger partial charge on any atom is -0.385 e. The standard InChI is InChI=1S/C13H28N2O/c1-12-5-4-8-15(9-6-12)13(2,11-14)7-10-16-3/h12H,4-11,14H2,1-3H3. The van der Waals surface area contributed by atoms with Gasteiger partial charge in [-0.05, 0) is 51.6 Å². The molecular formula is C13H28N2O. The van der Waals surface area contributed by atoms with Crippen LogP contribution in [-0.4, -0.2) is 43.8 Å². The van der Waals surface area contributed by atoms with Crippen LogP contribution in [0.4, 0.5) is 0 Å². The van der Waals surface area contributed by atoms with Gasteiger partial charge in [-0.15, -0.1) is 0 Å². The molecule has 0 spiro atoms. The average molecular weight is 228 g/mol. The Morgan fingerprint density at radius 3 is 2.75 bits per heavy atom. The molecule has 0 amide bonds. The normalized spacial score (nSPS) is 27.4. The summed E-state index contributed by atoms with van der Waals surface area (Å²) in [5.74, 6) is 0.870. The second-order valence-electron chi connectivity index (χ2n) is 5.47. The van der Waals surface area contributed by atoms with Gasteiger partial charge < -0.3 is 10.5 Å². The number of rotatable bonds is 5. The Morgan fingerprint density at radius 1 is 1.38 bits per heavy atom. The van der Waals surface area contributed by atoms with Crippen LogP contribution in [-0.2, 0) is 4.74 Å². The van der Waals surface area contributed by atoms with Crippen molar-refractivity contribution in [3.8, 4) is 0 Å². The Morgan fingerprint density at radius 2 is 2.12 bits per heavy atom. The number of methoxy groups -OCH3 is 1. The highest BCUT2D eigenvalue weighted by Gasteiger charge is 2.31. The van der Waals surface area contributed by atoms with Gasteiger partial charge in [-0.2, -0.15) is 0 Å². The minimum atomic E-state index is 0.125. The molecule has 1 heterocycles. The van der Waals surface area contributed by atoms with Crippen molar-refractivity contribution in [1.82, 2.24) is 4.90 Å². The largest absolute Gasteiger partial charge is 0.385 e. The van der Waals surface area contributed by atoms with Crippen LogP contribution in [0, 0.1) is 5.92 Å². The van der Waals surface area contributed by atoms with Crippen LogP contribution < -0.4 is 5.73 Å². The molecule has 0 bridgehead atoms. The van der Waals surface area contributed by atoms with Crippen LogP contribution in [0.2, 0.25) is 0 Å². The maximum atomic E-state index is 5.97. The molecule has 0 aliphatic carbocycles. The first kappa shape index (κ1) is 13.9. The average Bonchev–Trinajstić information content (AvgIpc) is 2.51. The van der Waals surface area contributed by atoms with E-state index in [1.54, 1.807) is 7.11 Å². The van der Waals surface area contributed by atoms with Crippen LogP contribution in [0.1, 0.15) is 39.5 Å². The first-order valence-electron chi connectivity index (χ1n) is 6.56. The van der Waals surface area contributed by atoms with Crippen molar-refractivity contribution in [1.29, 1.82) is 0 Å². The molecular weight excluding hydrogens is 200 g/mol.